The molecule has 2 aliphatic heterocycles. The van der Waals surface area contributed by atoms with Gasteiger partial charge < -0.3 is 15.0 Å². The highest BCUT2D eigenvalue weighted by Gasteiger charge is 2.33. The van der Waals surface area contributed by atoms with Gasteiger partial charge in [-0.15, -0.1) is 0 Å². The SMILES string of the molecule is CC1CN(C(=O)CN2CCCNCC2)CC(C)(C)O1. The van der Waals surface area contributed by atoms with Crippen molar-refractivity contribution < 1.29 is 9.53 Å². The van der Waals surface area contributed by atoms with E-state index in [1.807, 2.05) is 11.8 Å². The molecule has 110 valence electrons. The predicted octanol–water partition coefficient (Wildman–Crippen LogP) is 0.308. The van der Waals surface area contributed by atoms with Gasteiger partial charge in [-0.1, -0.05) is 0 Å². The van der Waals surface area contributed by atoms with Crippen molar-refractivity contribution in [2.24, 2.45) is 0 Å². The van der Waals surface area contributed by atoms with Crippen LogP contribution in [0.15, 0.2) is 0 Å². The molecular formula is C14H27N3O2. The zero-order valence-corrected chi connectivity index (χ0v) is 12.4. The Morgan fingerprint density at radius 1 is 1.37 bits per heavy atom. The normalized spacial score (nSPS) is 29.0. The van der Waals surface area contributed by atoms with Crippen molar-refractivity contribution in [3.63, 3.8) is 0 Å². The van der Waals surface area contributed by atoms with Crippen LogP contribution < -0.4 is 5.32 Å². The van der Waals surface area contributed by atoms with Crippen molar-refractivity contribution in [2.45, 2.75) is 38.9 Å². The number of morpholine rings is 1. The third-order valence-corrected chi connectivity index (χ3v) is 3.71. The molecule has 2 aliphatic rings. The summed E-state index contributed by atoms with van der Waals surface area (Å²) >= 11 is 0. The molecule has 2 heterocycles. The molecule has 0 aliphatic carbocycles. The minimum absolute atomic E-state index is 0.124. The first-order chi connectivity index (χ1) is 8.96. The lowest BCUT2D eigenvalue weighted by Gasteiger charge is -2.42. The van der Waals surface area contributed by atoms with Crippen LogP contribution >= 0.6 is 0 Å². The van der Waals surface area contributed by atoms with Crippen molar-refractivity contribution >= 4 is 5.91 Å². The summed E-state index contributed by atoms with van der Waals surface area (Å²) in [6.45, 7) is 12.1. The van der Waals surface area contributed by atoms with Crippen LogP contribution in [0.25, 0.3) is 0 Å². The molecule has 1 amide bonds. The fraction of sp³-hybridized carbons (Fsp3) is 0.929. The van der Waals surface area contributed by atoms with Gasteiger partial charge in [0.1, 0.15) is 0 Å². The maximum atomic E-state index is 12.4. The molecule has 0 aromatic carbocycles. The van der Waals surface area contributed by atoms with Crippen molar-refractivity contribution in [1.82, 2.24) is 15.1 Å². The van der Waals surface area contributed by atoms with Gasteiger partial charge in [-0.25, -0.2) is 0 Å². The van der Waals surface area contributed by atoms with E-state index in [2.05, 4.69) is 24.1 Å². The zero-order valence-electron chi connectivity index (χ0n) is 12.4. The van der Waals surface area contributed by atoms with Gasteiger partial charge in [-0.2, -0.15) is 0 Å². The highest BCUT2D eigenvalue weighted by atomic mass is 16.5. The average Bonchev–Trinajstić information content (AvgIpc) is 2.54. The van der Waals surface area contributed by atoms with E-state index in [9.17, 15) is 4.79 Å². The largest absolute Gasteiger partial charge is 0.369 e. The lowest BCUT2D eigenvalue weighted by Crippen LogP contribution is -2.55. The third kappa shape index (κ3) is 4.44. The molecular weight excluding hydrogens is 242 g/mol. The van der Waals surface area contributed by atoms with E-state index in [-0.39, 0.29) is 17.6 Å². The monoisotopic (exact) mass is 269 g/mol. The van der Waals surface area contributed by atoms with Crippen molar-refractivity contribution in [3.05, 3.63) is 0 Å². The first kappa shape index (κ1) is 14.8. The Labute approximate surface area is 116 Å². The number of hydrogen-bond acceptors (Lipinski definition) is 4. The van der Waals surface area contributed by atoms with Crippen molar-refractivity contribution in [2.75, 3.05) is 45.8 Å². The van der Waals surface area contributed by atoms with E-state index < -0.39 is 0 Å². The minimum atomic E-state index is -0.229. The second-order valence-corrected chi connectivity index (χ2v) is 6.34. The first-order valence-corrected chi connectivity index (χ1v) is 7.35. The molecule has 0 spiro atoms. The lowest BCUT2D eigenvalue weighted by molar-refractivity contribution is -0.158. The van der Waals surface area contributed by atoms with Crippen LogP contribution in [0.2, 0.25) is 0 Å². The van der Waals surface area contributed by atoms with Gasteiger partial charge in [0, 0.05) is 26.2 Å². The first-order valence-electron chi connectivity index (χ1n) is 7.35. The van der Waals surface area contributed by atoms with Crippen LogP contribution in [0.4, 0.5) is 0 Å². The molecule has 0 radical (unpaired) electrons. The summed E-state index contributed by atoms with van der Waals surface area (Å²) in [4.78, 5) is 16.6. The average molecular weight is 269 g/mol. The highest BCUT2D eigenvalue weighted by Crippen LogP contribution is 2.20. The van der Waals surface area contributed by atoms with Gasteiger partial charge >= 0.3 is 0 Å². The van der Waals surface area contributed by atoms with E-state index >= 15 is 0 Å². The Morgan fingerprint density at radius 2 is 2.16 bits per heavy atom. The summed E-state index contributed by atoms with van der Waals surface area (Å²) in [6, 6.07) is 0. The fourth-order valence-corrected chi connectivity index (χ4v) is 2.99. The molecule has 5 nitrogen and oxygen atoms in total. The fourth-order valence-electron chi connectivity index (χ4n) is 2.99. The molecule has 0 bridgehead atoms. The van der Waals surface area contributed by atoms with Crippen LogP contribution in [0, 0.1) is 0 Å². The number of hydrogen-bond donors (Lipinski definition) is 1. The molecule has 2 fully saturated rings. The summed E-state index contributed by atoms with van der Waals surface area (Å²) in [7, 11) is 0. The smallest absolute Gasteiger partial charge is 0.236 e. The van der Waals surface area contributed by atoms with E-state index in [4.69, 9.17) is 4.74 Å². The number of nitrogens with one attached hydrogen (secondary N) is 1. The van der Waals surface area contributed by atoms with E-state index in [0.29, 0.717) is 19.6 Å². The van der Waals surface area contributed by atoms with Crippen LogP contribution in [-0.2, 0) is 9.53 Å². The number of nitrogens with zero attached hydrogens (tertiary/aromatic N) is 2. The molecule has 5 heteroatoms. The van der Waals surface area contributed by atoms with Gasteiger partial charge in [0.25, 0.3) is 0 Å². The maximum Gasteiger partial charge on any atom is 0.236 e. The Balaban J connectivity index is 1.88. The molecule has 2 rings (SSSR count). The second kappa shape index (κ2) is 6.20. The Morgan fingerprint density at radius 3 is 2.89 bits per heavy atom. The minimum Gasteiger partial charge on any atom is -0.369 e. The third-order valence-electron chi connectivity index (χ3n) is 3.71. The van der Waals surface area contributed by atoms with Crippen LogP contribution in [0.5, 0.6) is 0 Å². The summed E-state index contributed by atoms with van der Waals surface area (Å²) in [6.07, 6.45) is 1.25. The van der Waals surface area contributed by atoms with E-state index in [0.717, 1.165) is 32.6 Å². The summed E-state index contributed by atoms with van der Waals surface area (Å²) in [5.74, 6) is 0.241. The molecule has 2 saturated heterocycles. The standard InChI is InChI=1S/C14H27N3O2/c1-12-9-17(11-14(2,3)19-12)13(18)10-16-7-4-5-15-6-8-16/h12,15H,4-11H2,1-3H3. The van der Waals surface area contributed by atoms with Gasteiger partial charge in [0.15, 0.2) is 0 Å². The van der Waals surface area contributed by atoms with Gasteiger partial charge in [0.05, 0.1) is 18.2 Å². The zero-order chi connectivity index (χ0) is 13.9. The number of carbonyl (C=O) groups is 1. The van der Waals surface area contributed by atoms with Gasteiger partial charge in [-0.05, 0) is 40.3 Å². The molecule has 0 aromatic heterocycles. The van der Waals surface area contributed by atoms with Crippen molar-refractivity contribution in [3.8, 4) is 0 Å². The summed E-state index contributed by atoms with van der Waals surface area (Å²) in [5, 5.41) is 3.36. The number of amides is 1. The Bertz CT molecular complexity index is 312. The predicted molar refractivity (Wildman–Crippen MR) is 75.1 cm³/mol. The second-order valence-electron chi connectivity index (χ2n) is 6.34. The van der Waals surface area contributed by atoms with Crippen molar-refractivity contribution in [1.29, 1.82) is 0 Å². The summed E-state index contributed by atoms with van der Waals surface area (Å²) < 4.78 is 5.85. The van der Waals surface area contributed by atoms with Gasteiger partial charge in [0.2, 0.25) is 5.91 Å². The quantitative estimate of drug-likeness (QED) is 0.783. The van der Waals surface area contributed by atoms with Gasteiger partial charge in [-0.3, -0.25) is 9.69 Å². The maximum absolute atomic E-state index is 12.4. The van der Waals surface area contributed by atoms with Crippen LogP contribution in [-0.4, -0.2) is 73.2 Å². The Kier molecular flexibility index (Phi) is 4.81. The molecule has 1 unspecified atom stereocenters. The molecule has 1 N–H and O–H groups in total. The van der Waals surface area contributed by atoms with E-state index in [1.54, 1.807) is 0 Å². The highest BCUT2D eigenvalue weighted by molar-refractivity contribution is 5.78. The van der Waals surface area contributed by atoms with E-state index in [1.165, 1.54) is 0 Å². The van der Waals surface area contributed by atoms with Crippen LogP contribution in [0.3, 0.4) is 0 Å². The molecule has 1 atom stereocenters. The number of ether oxygens (including phenoxy) is 1. The molecule has 0 aromatic rings. The number of rotatable bonds is 2. The Hall–Kier alpha value is -0.650. The molecule has 19 heavy (non-hydrogen) atoms. The van der Waals surface area contributed by atoms with Crippen LogP contribution in [0.1, 0.15) is 27.2 Å². The molecule has 0 saturated carbocycles. The summed E-state index contributed by atoms with van der Waals surface area (Å²) in [5.41, 5.74) is -0.229. The topological polar surface area (TPSA) is 44.8 Å². The number of carbonyl (C=O) groups excluding carboxylic acids is 1. The lowest BCUT2D eigenvalue weighted by atomic mass is 10.1.